The van der Waals surface area contributed by atoms with Gasteiger partial charge in [0.05, 0.1) is 16.6 Å². The molecule has 9 heteroatoms. The lowest BCUT2D eigenvalue weighted by Crippen LogP contribution is -2.26. The van der Waals surface area contributed by atoms with E-state index in [1.165, 1.54) is 18.2 Å². The summed E-state index contributed by atoms with van der Waals surface area (Å²) in [6.45, 7) is -0.791. The third-order valence-corrected chi connectivity index (χ3v) is 4.85. The number of esters is 1. The molecule has 0 bridgehead atoms. The van der Waals surface area contributed by atoms with E-state index in [1.54, 1.807) is 42.5 Å². The van der Waals surface area contributed by atoms with Gasteiger partial charge in [0.2, 0.25) is 0 Å². The Morgan fingerprint density at radius 2 is 1.55 bits per heavy atom. The van der Waals surface area contributed by atoms with Gasteiger partial charge in [-0.15, -0.1) is 0 Å². The first-order valence-corrected chi connectivity index (χ1v) is 9.71. The van der Waals surface area contributed by atoms with E-state index in [2.05, 4.69) is 5.10 Å². The van der Waals surface area contributed by atoms with Crippen LogP contribution < -0.4 is 5.56 Å². The minimum atomic E-state index is -4.61. The maximum atomic E-state index is 12.9. The highest BCUT2D eigenvalue weighted by Gasteiger charge is 2.31. The highest BCUT2D eigenvalue weighted by Crippen LogP contribution is 2.29. The van der Waals surface area contributed by atoms with E-state index in [0.29, 0.717) is 11.8 Å². The number of ether oxygens (including phenoxy) is 1. The summed E-state index contributed by atoms with van der Waals surface area (Å²) < 4.78 is 44.8. The van der Waals surface area contributed by atoms with E-state index < -0.39 is 35.7 Å². The first-order chi connectivity index (χ1) is 15.8. The molecule has 0 aliphatic rings. The molecule has 0 amide bonds. The van der Waals surface area contributed by atoms with Crippen LogP contribution in [0.5, 0.6) is 0 Å². The highest BCUT2D eigenvalue weighted by atomic mass is 19.4. The first-order valence-electron chi connectivity index (χ1n) is 9.71. The highest BCUT2D eigenvalue weighted by molar-refractivity contribution is 6.04. The number of Topliss-reactive ketones (excluding diaryl/α,β-unsaturated/α-hetero) is 1. The van der Waals surface area contributed by atoms with E-state index in [0.717, 1.165) is 16.8 Å². The van der Waals surface area contributed by atoms with Crippen molar-refractivity contribution >= 4 is 22.5 Å². The van der Waals surface area contributed by atoms with E-state index in [9.17, 15) is 27.6 Å². The molecule has 166 valence electrons. The molecule has 0 saturated carbocycles. The molecule has 0 saturated heterocycles. The molecule has 0 spiro atoms. The predicted octanol–water partition coefficient (Wildman–Crippen LogP) is 4.44. The van der Waals surface area contributed by atoms with E-state index in [-0.39, 0.29) is 22.0 Å². The molecule has 0 unspecified atom stereocenters. The molecule has 0 fully saturated rings. The topological polar surface area (TPSA) is 78.3 Å². The molecule has 0 aliphatic carbocycles. The van der Waals surface area contributed by atoms with Crippen LogP contribution >= 0.6 is 0 Å². The van der Waals surface area contributed by atoms with Crippen molar-refractivity contribution in [2.24, 2.45) is 0 Å². The summed E-state index contributed by atoms with van der Waals surface area (Å²) in [6.07, 6.45) is -4.61. The maximum absolute atomic E-state index is 12.9. The number of para-hydroxylation sites is 1. The number of aromatic nitrogens is 2. The molecule has 6 nitrogen and oxygen atoms in total. The van der Waals surface area contributed by atoms with Crippen LogP contribution in [0.1, 0.15) is 26.4 Å². The number of nitrogens with zero attached hydrogens (tertiary/aromatic N) is 2. The molecular weight excluding hydrogens is 437 g/mol. The van der Waals surface area contributed by atoms with Gasteiger partial charge in [-0.1, -0.05) is 48.5 Å². The lowest BCUT2D eigenvalue weighted by Gasteiger charge is -2.11. The molecule has 1 aromatic heterocycles. The summed E-state index contributed by atoms with van der Waals surface area (Å²) in [4.78, 5) is 38.0. The molecule has 33 heavy (non-hydrogen) atoms. The largest absolute Gasteiger partial charge is 0.452 e. The number of hydrogen-bond donors (Lipinski definition) is 0. The summed E-state index contributed by atoms with van der Waals surface area (Å²) >= 11 is 0. The van der Waals surface area contributed by atoms with Gasteiger partial charge in [0, 0.05) is 10.9 Å². The molecule has 1 heterocycles. The quantitative estimate of drug-likeness (QED) is 0.330. The second-order valence-electron chi connectivity index (χ2n) is 7.02. The number of carbonyl (C=O) groups is 2. The van der Waals surface area contributed by atoms with Crippen molar-refractivity contribution in [2.45, 2.75) is 6.18 Å². The van der Waals surface area contributed by atoms with Crippen molar-refractivity contribution in [1.29, 1.82) is 0 Å². The number of halogens is 3. The summed E-state index contributed by atoms with van der Waals surface area (Å²) in [5.74, 6) is -1.80. The minimum absolute atomic E-state index is 0.203. The van der Waals surface area contributed by atoms with Gasteiger partial charge in [0.15, 0.2) is 18.1 Å². The molecule has 4 aromatic rings. The molecule has 3 aromatic carbocycles. The van der Waals surface area contributed by atoms with Gasteiger partial charge in [-0.3, -0.25) is 9.59 Å². The second-order valence-corrected chi connectivity index (χ2v) is 7.02. The van der Waals surface area contributed by atoms with Crippen LogP contribution in [0.15, 0.2) is 83.7 Å². The molecule has 0 radical (unpaired) electrons. The molecule has 0 atom stereocenters. The Bertz CT molecular complexity index is 1410. The number of hydrogen-bond acceptors (Lipinski definition) is 5. The average Bonchev–Trinajstić information content (AvgIpc) is 2.83. The predicted molar refractivity (Wildman–Crippen MR) is 113 cm³/mol. The second kappa shape index (κ2) is 8.70. The molecule has 0 aliphatic heterocycles. The van der Waals surface area contributed by atoms with E-state index >= 15 is 0 Å². The zero-order chi connectivity index (χ0) is 23.6. The van der Waals surface area contributed by atoms with Crippen molar-refractivity contribution in [3.63, 3.8) is 0 Å². The third kappa shape index (κ3) is 4.52. The number of benzene rings is 3. The Hall–Kier alpha value is -4.27. The van der Waals surface area contributed by atoms with E-state index in [4.69, 9.17) is 4.74 Å². The fourth-order valence-corrected chi connectivity index (χ4v) is 3.24. The number of rotatable bonds is 5. The SMILES string of the molecule is O=C(COC(=O)c1nn(-c2ccccc2)c(=O)c2ccccc12)c1cccc(C(F)(F)F)c1. The van der Waals surface area contributed by atoms with Crippen LogP contribution in [0.4, 0.5) is 13.2 Å². The number of fused-ring (bicyclic) bond motifs is 1. The Kier molecular flexibility index (Phi) is 5.78. The van der Waals surface area contributed by atoms with Gasteiger partial charge < -0.3 is 4.74 Å². The van der Waals surface area contributed by atoms with Gasteiger partial charge in [-0.25, -0.2) is 4.79 Å². The Morgan fingerprint density at radius 1 is 0.879 bits per heavy atom. The fourth-order valence-electron chi connectivity index (χ4n) is 3.24. The Labute approximate surface area is 184 Å². The standard InChI is InChI=1S/C24H15F3N2O4/c25-24(26,27)16-8-6-7-15(13-16)20(30)14-33-23(32)21-18-11-4-5-12-19(18)22(31)29(28-21)17-9-2-1-3-10-17/h1-13H,14H2. The zero-order valence-electron chi connectivity index (χ0n) is 16.9. The fraction of sp³-hybridized carbons (Fsp3) is 0.0833. The number of ketones is 1. The van der Waals surface area contributed by atoms with Gasteiger partial charge in [0.25, 0.3) is 5.56 Å². The zero-order valence-corrected chi connectivity index (χ0v) is 16.9. The first kappa shape index (κ1) is 21.9. The molecule has 4 rings (SSSR count). The monoisotopic (exact) mass is 452 g/mol. The van der Waals surface area contributed by atoms with Crippen molar-refractivity contribution in [1.82, 2.24) is 9.78 Å². The van der Waals surface area contributed by atoms with Crippen LogP contribution in [0, 0.1) is 0 Å². The van der Waals surface area contributed by atoms with Gasteiger partial charge in [-0.2, -0.15) is 23.0 Å². The van der Waals surface area contributed by atoms with Crippen LogP contribution in [0.3, 0.4) is 0 Å². The van der Waals surface area contributed by atoms with Gasteiger partial charge in [-0.05, 0) is 30.3 Å². The van der Waals surface area contributed by atoms with Crippen molar-refractivity contribution in [2.75, 3.05) is 6.61 Å². The third-order valence-electron chi connectivity index (χ3n) is 4.85. The van der Waals surface area contributed by atoms with Gasteiger partial charge >= 0.3 is 12.1 Å². The lowest BCUT2D eigenvalue weighted by atomic mass is 10.1. The smallest absolute Gasteiger partial charge is 0.416 e. The Morgan fingerprint density at radius 3 is 2.24 bits per heavy atom. The molecule has 0 N–H and O–H groups in total. The lowest BCUT2D eigenvalue weighted by molar-refractivity contribution is -0.137. The average molecular weight is 452 g/mol. The summed E-state index contributed by atoms with van der Waals surface area (Å²) in [6, 6.07) is 18.5. The van der Waals surface area contributed by atoms with Crippen LogP contribution in [0.25, 0.3) is 16.5 Å². The van der Waals surface area contributed by atoms with Crippen molar-refractivity contribution in [3.05, 3.63) is 106 Å². The summed E-state index contributed by atoms with van der Waals surface area (Å²) in [5.41, 5.74) is -1.46. The summed E-state index contributed by atoms with van der Waals surface area (Å²) in [7, 11) is 0. The normalized spacial score (nSPS) is 11.4. The van der Waals surface area contributed by atoms with Crippen LogP contribution in [0.2, 0.25) is 0 Å². The number of carbonyl (C=O) groups excluding carboxylic acids is 2. The van der Waals surface area contributed by atoms with Crippen LogP contribution in [-0.4, -0.2) is 28.1 Å². The van der Waals surface area contributed by atoms with Crippen molar-refractivity contribution in [3.8, 4) is 5.69 Å². The van der Waals surface area contributed by atoms with Crippen molar-refractivity contribution < 1.29 is 27.5 Å². The van der Waals surface area contributed by atoms with Crippen LogP contribution in [-0.2, 0) is 10.9 Å². The minimum Gasteiger partial charge on any atom is -0.452 e. The summed E-state index contributed by atoms with van der Waals surface area (Å²) in [5, 5.41) is 4.58. The van der Waals surface area contributed by atoms with Gasteiger partial charge in [0.1, 0.15) is 0 Å². The maximum Gasteiger partial charge on any atom is 0.416 e. The molecular formula is C24H15F3N2O4. The number of alkyl halides is 3. The van der Waals surface area contributed by atoms with E-state index in [1.807, 2.05) is 0 Å². The Balaban J connectivity index is 1.64.